The lowest BCUT2D eigenvalue weighted by Crippen LogP contribution is -2.28. The van der Waals surface area contributed by atoms with Gasteiger partial charge in [-0.1, -0.05) is 11.8 Å². The summed E-state index contributed by atoms with van der Waals surface area (Å²) in [6.07, 6.45) is 0. The van der Waals surface area contributed by atoms with Gasteiger partial charge in [0.15, 0.2) is 11.0 Å². The first-order chi connectivity index (χ1) is 15.8. The Balaban J connectivity index is 1.55. The number of nitro benzene ring substituents is 1. The number of non-ortho nitro benzene ring substituents is 1. The molecule has 0 aliphatic rings. The average Bonchev–Trinajstić information content (AvgIpc) is 3.18. The summed E-state index contributed by atoms with van der Waals surface area (Å²) in [4.78, 5) is 34.9. The molecule has 1 aromatic heterocycles. The molecule has 0 fully saturated rings. The molecule has 0 aliphatic heterocycles. The quantitative estimate of drug-likeness (QED) is 0.276. The maximum atomic E-state index is 12.5. The number of hydrogen-bond acceptors (Lipinski definition) is 8. The number of nitrogens with zero attached hydrogens (tertiary/aromatic N) is 4. The lowest BCUT2D eigenvalue weighted by Gasteiger charge is -2.14. The summed E-state index contributed by atoms with van der Waals surface area (Å²) in [5, 5.41) is 25.0. The van der Waals surface area contributed by atoms with Crippen LogP contribution < -0.4 is 15.4 Å². The van der Waals surface area contributed by atoms with E-state index in [1.807, 2.05) is 0 Å². The Morgan fingerprint density at radius 2 is 1.82 bits per heavy atom. The predicted octanol–water partition coefficient (Wildman–Crippen LogP) is 2.95. The minimum Gasteiger partial charge on any atom is -0.497 e. The minimum atomic E-state index is -0.506. The molecule has 2 aromatic carbocycles. The number of methoxy groups -OCH3 is 1. The SMILES string of the molecule is COc1ccc(C(=O)N[C@@H](C)c2nnc(SCC(=O)Nc3ccc([N+](=O)[O-])cc3)n2C)cc1. The Morgan fingerprint density at radius 3 is 2.42 bits per heavy atom. The molecule has 0 spiro atoms. The van der Waals surface area contributed by atoms with Gasteiger partial charge < -0.3 is 19.9 Å². The molecule has 1 atom stereocenters. The van der Waals surface area contributed by atoms with E-state index in [1.54, 1.807) is 49.9 Å². The zero-order valence-corrected chi connectivity index (χ0v) is 19.0. The first-order valence-corrected chi connectivity index (χ1v) is 10.8. The fourth-order valence-electron chi connectivity index (χ4n) is 2.91. The molecule has 172 valence electrons. The van der Waals surface area contributed by atoms with E-state index in [2.05, 4.69) is 20.8 Å². The van der Waals surface area contributed by atoms with Crippen molar-refractivity contribution < 1.29 is 19.2 Å². The number of amides is 2. The predicted molar refractivity (Wildman–Crippen MR) is 122 cm³/mol. The molecule has 3 rings (SSSR count). The van der Waals surface area contributed by atoms with E-state index in [0.29, 0.717) is 28.0 Å². The van der Waals surface area contributed by atoms with Gasteiger partial charge in [-0.15, -0.1) is 10.2 Å². The Morgan fingerprint density at radius 1 is 1.15 bits per heavy atom. The molecule has 3 aromatic rings. The molecule has 11 nitrogen and oxygen atoms in total. The number of aromatic nitrogens is 3. The monoisotopic (exact) mass is 470 g/mol. The standard InChI is InChI=1S/C21H22N6O5S/c1-13(22-20(29)14-4-10-17(32-3)11-5-14)19-24-25-21(26(19)2)33-12-18(28)23-15-6-8-16(9-7-15)27(30)31/h4-11,13H,12H2,1-3H3,(H,22,29)(H,23,28)/t13-/m0/s1. The maximum Gasteiger partial charge on any atom is 0.269 e. The second-order valence-corrected chi connectivity index (χ2v) is 7.91. The summed E-state index contributed by atoms with van der Waals surface area (Å²) in [5.41, 5.74) is 0.893. The first-order valence-electron chi connectivity index (χ1n) is 9.79. The van der Waals surface area contributed by atoms with Gasteiger partial charge in [0.2, 0.25) is 5.91 Å². The van der Waals surface area contributed by atoms with Crippen molar-refractivity contribution in [1.29, 1.82) is 0 Å². The third-order valence-electron chi connectivity index (χ3n) is 4.65. The molecule has 0 unspecified atom stereocenters. The lowest BCUT2D eigenvalue weighted by molar-refractivity contribution is -0.384. The highest BCUT2D eigenvalue weighted by Crippen LogP contribution is 2.21. The Bertz CT molecular complexity index is 1150. The van der Waals surface area contributed by atoms with Gasteiger partial charge in [0.1, 0.15) is 5.75 Å². The number of nitro groups is 1. The normalized spacial score (nSPS) is 11.5. The number of ether oxygens (including phenoxy) is 1. The molecule has 0 aliphatic carbocycles. The van der Waals surface area contributed by atoms with Crippen molar-refractivity contribution in [2.45, 2.75) is 18.1 Å². The van der Waals surface area contributed by atoms with Crippen molar-refractivity contribution in [3.63, 3.8) is 0 Å². The van der Waals surface area contributed by atoms with Gasteiger partial charge in [-0.05, 0) is 43.3 Å². The number of carbonyl (C=O) groups is 2. The fraction of sp³-hybridized carbons (Fsp3) is 0.238. The summed E-state index contributed by atoms with van der Waals surface area (Å²) < 4.78 is 6.81. The van der Waals surface area contributed by atoms with Crippen LogP contribution >= 0.6 is 11.8 Å². The Kier molecular flexibility index (Phi) is 7.61. The third kappa shape index (κ3) is 6.07. The highest BCUT2D eigenvalue weighted by atomic mass is 32.2. The summed E-state index contributed by atoms with van der Waals surface area (Å²) in [7, 11) is 3.31. The van der Waals surface area contributed by atoms with Gasteiger partial charge in [-0.2, -0.15) is 0 Å². The van der Waals surface area contributed by atoms with Gasteiger partial charge >= 0.3 is 0 Å². The second-order valence-electron chi connectivity index (χ2n) is 6.96. The third-order valence-corrected chi connectivity index (χ3v) is 5.67. The van der Waals surface area contributed by atoms with Crippen LogP contribution in [0.3, 0.4) is 0 Å². The molecule has 0 radical (unpaired) electrons. The van der Waals surface area contributed by atoms with Gasteiger partial charge in [-0.3, -0.25) is 19.7 Å². The average molecular weight is 471 g/mol. The van der Waals surface area contributed by atoms with Crippen molar-refractivity contribution in [3.05, 3.63) is 70.0 Å². The van der Waals surface area contributed by atoms with Crippen LogP contribution in [0.5, 0.6) is 5.75 Å². The Labute approximate surface area is 193 Å². The van der Waals surface area contributed by atoms with Crippen molar-refractivity contribution >= 4 is 35.0 Å². The van der Waals surface area contributed by atoms with Gasteiger partial charge in [-0.25, -0.2) is 0 Å². The molecule has 1 heterocycles. The van der Waals surface area contributed by atoms with Gasteiger partial charge in [0.25, 0.3) is 11.6 Å². The highest BCUT2D eigenvalue weighted by molar-refractivity contribution is 7.99. The first kappa shape index (κ1) is 23.7. The number of benzene rings is 2. The lowest BCUT2D eigenvalue weighted by atomic mass is 10.2. The molecular formula is C21H22N6O5S. The summed E-state index contributed by atoms with van der Waals surface area (Å²) in [6.45, 7) is 1.79. The number of hydrogen-bond donors (Lipinski definition) is 2. The zero-order valence-electron chi connectivity index (χ0n) is 18.1. The Hall–Kier alpha value is -3.93. The van der Waals surface area contributed by atoms with Crippen LogP contribution in [0.15, 0.2) is 53.7 Å². The van der Waals surface area contributed by atoms with E-state index in [1.165, 1.54) is 36.0 Å². The van der Waals surface area contributed by atoms with Crippen LogP contribution in [-0.4, -0.2) is 44.4 Å². The van der Waals surface area contributed by atoms with Gasteiger partial charge in [0.05, 0.1) is 23.8 Å². The van der Waals surface area contributed by atoms with E-state index in [-0.39, 0.29) is 23.3 Å². The highest BCUT2D eigenvalue weighted by Gasteiger charge is 2.19. The van der Waals surface area contributed by atoms with Gasteiger partial charge in [0, 0.05) is 30.4 Å². The number of carbonyl (C=O) groups excluding carboxylic acids is 2. The van der Waals surface area contributed by atoms with Crippen LogP contribution in [0, 0.1) is 10.1 Å². The van der Waals surface area contributed by atoms with Crippen molar-refractivity contribution in [2.24, 2.45) is 7.05 Å². The number of anilines is 1. The summed E-state index contributed by atoms with van der Waals surface area (Å²) in [5.74, 6) is 0.710. The molecular weight excluding hydrogens is 448 g/mol. The van der Waals surface area contributed by atoms with Crippen molar-refractivity contribution in [2.75, 3.05) is 18.2 Å². The minimum absolute atomic E-state index is 0.0535. The van der Waals surface area contributed by atoms with Crippen LogP contribution in [0.25, 0.3) is 0 Å². The van der Waals surface area contributed by atoms with Crippen molar-refractivity contribution in [1.82, 2.24) is 20.1 Å². The van der Waals surface area contributed by atoms with E-state index in [4.69, 9.17) is 4.74 Å². The molecule has 33 heavy (non-hydrogen) atoms. The number of rotatable bonds is 9. The van der Waals surface area contributed by atoms with Crippen LogP contribution in [-0.2, 0) is 11.8 Å². The fourth-order valence-corrected chi connectivity index (χ4v) is 3.63. The second kappa shape index (κ2) is 10.6. The van der Waals surface area contributed by atoms with E-state index < -0.39 is 11.0 Å². The topological polar surface area (TPSA) is 141 Å². The summed E-state index contributed by atoms with van der Waals surface area (Å²) >= 11 is 1.18. The van der Waals surface area contributed by atoms with Crippen LogP contribution in [0.1, 0.15) is 29.1 Å². The van der Waals surface area contributed by atoms with E-state index >= 15 is 0 Å². The number of thioether (sulfide) groups is 1. The van der Waals surface area contributed by atoms with Crippen molar-refractivity contribution in [3.8, 4) is 5.75 Å². The largest absolute Gasteiger partial charge is 0.497 e. The smallest absolute Gasteiger partial charge is 0.269 e. The van der Waals surface area contributed by atoms with E-state index in [9.17, 15) is 19.7 Å². The molecule has 0 saturated heterocycles. The molecule has 2 N–H and O–H groups in total. The molecule has 0 saturated carbocycles. The molecule has 0 bridgehead atoms. The summed E-state index contributed by atoms with van der Waals surface area (Å²) in [6, 6.07) is 11.9. The molecule has 12 heteroatoms. The van der Waals surface area contributed by atoms with Crippen LogP contribution in [0.2, 0.25) is 0 Å². The zero-order chi connectivity index (χ0) is 24.0. The number of nitrogens with one attached hydrogen (secondary N) is 2. The molecule has 2 amide bonds. The van der Waals surface area contributed by atoms with Crippen LogP contribution in [0.4, 0.5) is 11.4 Å². The van der Waals surface area contributed by atoms with E-state index in [0.717, 1.165) is 0 Å². The maximum absolute atomic E-state index is 12.5.